The number of methoxy groups -OCH3 is 1. The van der Waals surface area contributed by atoms with Crippen LogP contribution in [0.15, 0.2) is 21.5 Å². The van der Waals surface area contributed by atoms with Crippen LogP contribution >= 0.6 is 39.9 Å². The van der Waals surface area contributed by atoms with Gasteiger partial charge in [0.05, 0.1) is 29.7 Å². The first-order valence-electron chi connectivity index (χ1n) is 9.82. The minimum atomic E-state index is -0.178. The summed E-state index contributed by atoms with van der Waals surface area (Å²) in [6.45, 7) is 5.14. The van der Waals surface area contributed by atoms with Crippen LogP contribution in [0.4, 0.5) is 0 Å². The van der Waals surface area contributed by atoms with Crippen molar-refractivity contribution in [3.05, 3.63) is 27.1 Å². The van der Waals surface area contributed by atoms with Crippen LogP contribution < -0.4 is 9.47 Å². The molecule has 0 aliphatic carbocycles. The van der Waals surface area contributed by atoms with E-state index in [1.165, 1.54) is 11.8 Å². The Bertz CT molecular complexity index is 828. The van der Waals surface area contributed by atoms with E-state index in [-0.39, 0.29) is 11.9 Å². The highest BCUT2D eigenvalue weighted by molar-refractivity contribution is 9.10. The van der Waals surface area contributed by atoms with Crippen LogP contribution in [0.3, 0.4) is 0 Å². The Labute approximate surface area is 195 Å². The van der Waals surface area contributed by atoms with E-state index >= 15 is 0 Å². The predicted octanol–water partition coefficient (Wildman–Crippen LogP) is 5.18. The molecule has 0 N–H and O–H groups in total. The van der Waals surface area contributed by atoms with Crippen LogP contribution in [-0.2, 0) is 14.3 Å². The minimum absolute atomic E-state index is 0.0970. The van der Waals surface area contributed by atoms with Crippen LogP contribution in [0.5, 0.6) is 11.5 Å². The molecule has 1 saturated heterocycles. The standard InChI is InChI=1S/C21H26BrNO5S2/c1-4-27-16-12-14(11-15(22)19(16)26-3)13-17-20(25)23(21(29)30-17)10-8-6-7-9-18(24)28-5-2/h11-13H,4-10H2,1-3H3/b17-13-. The number of halogens is 1. The Kier molecular flexibility index (Phi) is 10.1. The van der Waals surface area contributed by atoms with Crippen LogP contribution in [-0.4, -0.2) is 48.0 Å². The third-order valence-corrected chi connectivity index (χ3v) is 6.24. The van der Waals surface area contributed by atoms with Gasteiger partial charge in [-0.2, -0.15) is 0 Å². The summed E-state index contributed by atoms with van der Waals surface area (Å²) in [5.74, 6) is 0.950. The monoisotopic (exact) mass is 515 g/mol. The van der Waals surface area contributed by atoms with Crippen molar-refractivity contribution in [2.75, 3.05) is 26.9 Å². The summed E-state index contributed by atoms with van der Waals surface area (Å²) in [5.41, 5.74) is 0.820. The van der Waals surface area contributed by atoms with Gasteiger partial charge in [0.15, 0.2) is 11.5 Å². The summed E-state index contributed by atoms with van der Waals surface area (Å²) < 4.78 is 17.2. The first-order chi connectivity index (χ1) is 14.4. The van der Waals surface area contributed by atoms with Crippen LogP contribution in [0, 0.1) is 0 Å². The van der Waals surface area contributed by atoms with E-state index in [4.69, 9.17) is 26.4 Å². The Balaban J connectivity index is 2.00. The average molecular weight is 516 g/mol. The molecule has 0 bridgehead atoms. The topological polar surface area (TPSA) is 65.1 Å². The molecular weight excluding hydrogens is 490 g/mol. The van der Waals surface area contributed by atoms with Crippen molar-refractivity contribution in [1.29, 1.82) is 0 Å². The molecule has 164 valence electrons. The van der Waals surface area contributed by atoms with Gasteiger partial charge in [0, 0.05) is 13.0 Å². The molecule has 0 atom stereocenters. The van der Waals surface area contributed by atoms with Gasteiger partial charge < -0.3 is 14.2 Å². The van der Waals surface area contributed by atoms with Crippen molar-refractivity contribution >= 4 is 62.2 Å². The SMILES string of the molecule is CCOC(=O)CCCCCN1C(=O)/C(=C/c2cc(Br)c(OC)c(OCC)c2)SC1=S. The minimum Gasteiger partial charge on any atom is -0.492 e. The first kappa shape index (κ1) is 24.7. The second-order valence-electron chi connectivity index (χ2n) is 6.42. The van der Waals surface area contributed by atoms with Crippen molar-refractivity contribution in [2.45, 2.75) is 39.5 Å². The van der Waals surface area contributed by atoms with Gasteiger partial charge in [0.2, 0.25) is 0 Å². The number of rotatable bonds is 11. The van der Waals surface area contributed by atoms with Gasteiger partial charge in [-0.3, -0.25) is 14.5 Å². The van der Waals surface area contributed by atoms with E-state index < -0.39 is 0 Å². The summed E-state index contributed by atoms with van der Waals surface area (Å²) in [6, 6.07) is 3.72. The number of thioether (sulfide) groups is 1. The Hall–Kier alpha value is -1.58. The summed E-state index contributed by atoms with van der Waals surface area (Å²) >= 11 is 10.2. The van der Waals surface area contributed by atoms with Crippen molar-refractivity contribution in [3.8, 4) is 11.5 Å². The molecule has 0 aromatic heterocycles. The van der Waals surface area contributed by atoms with E-state index in [1.807, 2.05) is 25.1 Å². The normalized spacial score (nSPS) is 15.1. The molecule has 0 unspecified atom stereocenters. The van der Waals surface area contributed by atoms with Gasteiger partial charge in [-0.05, 0) is 66.4 Å². The molecular formula is C21H26BrNO5S2. The molecule has 30 heavy (non-hydrogen) atoms. The molecule has 0 saturated carbocycles. The number of benzene rings is 1. The molecule has 1 aromatic carbocycles. The number of hydrogen-bond donors (Lipinski definition) is 0. The van der Waals surface area contributed by atoms with Crippen LogP contribution in [0.25, 0.3) is 6.08 Å². The average Bonchev–Trinajstić information content (AvgIpc) is 2.95. The number of carbonyl (C=O) groups is 2. The largest absolute Gasteiger partial charge is 0.492 e. The maximum Gasteiger partial charge on any atom is 0.305 e. The lowest BCUT2D eigenvalue weighted by Gasteiger charge is -2.14. The molecule has 0 spiro atoms. The van der Waals surface area contributed by atoms with Gasteiger partial charge in [-0.1, -0.05) is 30.4 Å². The molecule has 0 radical (unpaired) electrons. The van der Waals surface area contributed by atoms with Gasteiger partial charge in [-0.25, -0.2) is 0 Å². The zero-order chi connectivity index (χ0) is 22.1. The highest BCUT2D eigenvalue weighted by Gasteiger charge is 2.31. The third-order valence-electron chi connectivity index (χ3n) is 4.28. The Morgan fingerprint density at radius 3 is 2.67 bits per heavy atom. The number of unbranched alkanes of at least 4 members (excludes halogenated alkanes) is 2. The summed E-state index contributed by atoms with van der Waals surface area (Å²) in [4.78, 5) is 26.4. The third kappa shape index (κ3) is 6.72. The van der Waals surface area contributed by atoms with E-state index in [0.717, 1.165) is 29.3 Å². The fourth-order valence-corrected chi connectivity index (χ4v) is 4.86. The van der Waals surface area contributed by atoms with Gasteiger partial charge in [0.25, 0.3) is 5.91 Å². The maximum atomic E-state index is 12.8. The zero-order valence-corrected chi connectivity index (χ0v) is 20.6. The number of thiocarbonyl (C=S) groups is 1. The van der Waals surface area contributed by atoms with Gasteiger partial charge in [0.1, 0.15) is 4.32 Å². The molecule has 1 aliphatic heterocycles. The van der Waals surface area contributed by atoms with E-state index in [1.54, 1.807) is 18.9 Å². The molecule has 1 heterocycles. The summed E-state index contributed by atoms with van der Waals surface area (Å²) in [5, 5.41) is 0. The lowest BCUT2D eigenvalue weighted by Crippen LogP contribution is -2.29. The highest BCUT2D eigenvalue weighted by atomic mass is 79.9. The Morgan fingerprint density at radius 2 is 2.00 bits per heavy atom. The molecule has 1 fully saturated rings. The van der Waals surface area contributed by atoms with Crippen molar-refractivity contribution in [1.82, 2.24) is 4.90 Å². The number of amides is 1. The summed E-state index contributed by atoms with van der Waals surface area (Å²) in [7, 11) is 1.58. The number of nitrogens with zero attached hydrogens (tertiary/aromatic N) is 1. The molecule has 1 aliphatic rings. The lowest BCUT2D eigenvalue weighted by molar-refractivity contribution is -0.143. The smallest absolute Gasteiger partial charge is 0.305 e. The quantitative estimate of drug-likeness (QED) is 0.174. The van der Waals surface area contributed by atoms with E-state index in [2.05, 4.69) is 15.9 Å². The van der Waals surface area contributed by atoms with Crippen LogP contribution in [0.1, 0.15) is 45.1 Å². The molecule has 2 rings (SSSR count). The fourth-order valence-electron chi connectivity index (χ4n) is 2.93. The number of carbonyl (C=O) groups excluding carboxylic acids is 2. The summed E-state index contributed by atoms with van der Waals surface area (Å²) in [6.07, 6.45) is 4.57. The lowest BCUT2D eigenvalue weighted by atomic mass is 10.1. The molecule has 1 aromatic rings. The fraction of sp³-hybridized carbons (Fsp3) is 0.476. The van der Waals surface area contributed by atoms with Crippen molar-refractivity contribution in [2.24, 2.45) is 0 Å². The molecule has 6 nitrogen and oxygen atoms in total. The van der Waals surface area contributed by atoms with Crippen molar-refractivity contribution < 1.29 is 23.8 Å². The van der Waals surface area contributed by atoms with E-state index in [0.29, 0.717) is 46.9 Å². The van der Waals surface area contributed by atoms with Gasteiger partial charge in [-0.15, -0.1) is 0 Å². The first-order valence-corrected chi connectivity index (χ1v) is 11.8. The number of esters is 1. The molecule has 9 heteroatoms. The zero-order valence-electron chi connectivity index (χ0n) is 17.4. The van der Waals surface area contributed by atoms with E-state index in [9.17, 15) is 9.59 Å². The number of ether oxygens (including phenoxy) is 3. The second-order valence-corrected chi connectivity index (χ2v) is 8.95. The predicted molar refractivity (Wildman–Crippen MR) is 127 cm³/mol. The highest BCUT2D eigenvalue weighted by Crippen LogP contribution is 2.39. The van der Waals surface area contributed by atoms with Crippen LogP contribution in [0.2, 0.25) is 0 Å². The second kappa shape index (κ2) is 12.3. The maximum absolute atomic E-state index is 12.8. The number of hydrogen-bond acceptors (Lipinski definition) is 7. The Morgan fingerprint density at radius 1 is 1.23 bits per heavy atom. The molecule has 1 amide bonds. The van der Waals surface area contributed by atoms with Gasteiger partial charge >= 0.3 is 5.97 Å². The van der Waals surface area contributed by atoms with Crippen molar-refractivity contribution in [3.63, 3.8) is 0 Å².